The molecule has 118 valence electrons. The van der Waals surface area contributed by atoms with Gasteiger partial charge in [-0.15, -0.1) is 0 Å². The molecular formula is C18H21FO3. The molecule has 0 heterocycles. The number of hydrogen-bond acceptors (Lipinski definition) is 3. The molecule has 2 aromatic carbocycles. The van der Waals surface area contributed by atoms with Crippen molar-refractivity contribution >= 4 is 0 Å². The lowest BCUT2D eigenvalue weighted by molar-refractivity contribution is 0.259. The SMILES string of the molecule is CCOc1ccc(OCCCCOc2ccccc2F)cc1. The lowest BCUT2D eigenvalue weighted by Crippen LogP contribution is -2.03. The molecular weight excluding hydrogens is 283 g/mol. The van der Waals surface area contributed by atoms with Crippen molar-refractivity contribution in [2.75, 3.05) is 19.8 Å². The third-order valence-electron chi connectivity index (χ3n) is 3.04. The Morgan fingerprint density at radius 2 is 1.36 bits per heavy atom. The molecule has 0 saturated heterocycles. The van der Waals surface area contributed by atoms with Gasteiger partial charge in [-0.25, -0.2) is 4.39 Å². The maximum atomic E-state index is 13.3. The second-order valence-corrected chi connectivity index (χ2v) is 4.74. The minimum absolute atomic E-state index is 0.301. The minimum Gasteiger partial charge on any atom is -0.494 e. The summed E-state index contributed by atoms with van der Waals surface area (Å²) < 4.78 is 29.7. The summed E-state index contributed by atoms with van der Waals surface area (Å²) in [5.74, 6) is 1.63. The van der Waals surface area contributed by atoms with Crippen LogP contribution in [0.25, 0.3) is 0 Å². The molecule has 0 aliphatic carbocycles. The monoisotopic (exact) mass is 304 g/mol. The first kappa shape index (κ1) is 16.1. The lowest BCUT2D eigenvalue weighted by atomic mass is 10.3. The number of unbranched alkanes of at least 4 members (excludes halogenated alkanes) is 1. The van der Waals surface area contributed by atoms with Crippen LogP contribution >= 0.6 is 0 Å². The van der Waals surface area contributed by atoms with Crippen LogP contribution in [0.5, 0.6) is 17.2 Å². The van der Waals surface area contributed by atoms with Gasteiger partial charge in [0.1, 0.15) is 11.5 Å². The van der Waals surface area contributed by atoms with E-state index >= 15 is 0 Å². The van der Waals surface area contributed by atoms with Crippen LogP contribution in [0.4, 0.5) is 4.39 Å². The molecule has 4 heteroatoms. The van der Waals surface area contributed by atoms with Crippen LogP contribution < -0.4 is 14.2 Å². The standard InChI is InChI=1S/C18H21FO3/c1-2-20-15-9-11-16(12-10-15)21-13-5-6-14-22-18-8-4-3-7-17(18)19/h3-4,7-12H,2,5-6,13-14H2,1H3. The summed E-state index contributed by atoms with van der Waals surface area (Å²) in [5.41, 5.74) is 0. The van der Waals surface area contributed by atoms with E-state index in [0.717, 1.165) is 24.3 Å². The molecule has 0 amide bonds. The zero-order valence-electron chi connectivity index (χ0n) is 12.8. The molecule has 0 bridgehead atoms. The van der Waals surface area contributed by atoms with Gasteiger partial charge in [0, 0.05) is 0 Å². The molecule has 0 spiro atoms. The van der Waals surface area contributed by atoms with Gasteiger partial charge < -0.3 is 14.2 Å². The molecule has 0 aromatic heterocycles. The molecule has 3 nitrogen and oxygen atoms in total. The summed E-state index contributed by atoms with van der Waals surface area (Å²) in [6, 6.07) is 14.0. The highest BCUT2D eigenvalue weighted by atomic mass is 19.1. The predicted octanol–water partition coefficient (Wildman–Crippen LogP) is 4.46. The maximum absolute atomic E-state index is 13.3. The number of halogens is 1. The molecule has 0 aliphatic heterocycles. The summed E-state index contributed by atoms with van der Waals surface area (Å²) in [4.78, 5) is 0. The van der Waals surface area contributed by atoms with E-state index in [9.17, 15) is 4.39 Å². The van der Waals surface area contributed by atoms with Crippen molar-refractivity contribution in [3.63, 3.8) is 0 Å². The number of ether oxygens (including phenoxy) is 3. The average molecular weight is 304 g/mol. The van der Waals surface area contributed by atoms with Crippen molar-refractivity contribution in [1.82, 2.24) is 0 Å². The maximum Gasteiger partial charge on any atom is 0.165 e. The van der Waals surface area contributed by atoms with Gasteiger partial charge in [-0.05, 0) is 56.2 Å². The fraction of sp³-hybridized carbons (Fsp3) is 0.333. The lowest BCUT2D eigenvalue weighted by Gasteiger charge is -2.09. The highest BCUT2D eigenvalue weighted by Gasteiger charge is 2.01. The van der Waals surface area contributed by atoms with E-state index < -0.39 is 0 Å². The second-order valence-electron chi connectivity index (χ2n) is 4.74. The Hall–Kier alpha value is -2.23. The fourth-order valence-electron chi connectivity index (χ4n) is 1.94. The van der Waals surface area contributed by atoms with Gasteiger partial charge in [0.2, 0.25) is 0 Å². The van der Waals surface area contributed by atoms with Gasteiger partial charge in [-0.2, -0.15) is 0 Å². The predicted molar refractivity (Wildman–Crippen MR) is 84.2 cm³/mol. The van der Waals surface area contributed by atoms with Crippen LogP contribution in [0.3, 0.4) is 0 Å². The van der Waals surface area contributed by atoms with E-state index in [1.54, 1.807) is 18.2 Å². The molecule has 0 N–H and O–H groups in total. The first-order valence-corrected chi connectivity index (χ1v) is 7.52. The minimum atomic E-state index is -0.326. The van der Waals surface area contributed by atoms with Crippen LogP contribution in [-0.2, 0) is 0 Å². The third kappa shape index (κ3) is 5.28. The van der Waals surface area contributed by atoms with E-state index in [4.69, 9.17) is 14.2 Å². The van der Waals surface area contributed by atoms with E-state index in [1.165, 1.54) is 6.07 Å². The van der Waals surface area contributed by atoms with Gasteiger partial charge in [-0.3, -0.25) is 0 Å². The van der Waals surface area contributed by atoms with Crippen molar-refractivity contribution in [2.24, 2.45) is 0 Å². The Balaban J connectivity index is 1.60. The van der Waals surface area contributed by atoms with E-state index in [1.807, 2.05) is 31.2 Å². The topological polar surface area (TPSA) is 27.7 Å². The molecule has 22 heavy (non-hydrogen) atoms. The van der Waals surface area contributed by atoms with E-state index in [0.29, 0.717) is 25.6 Å². The molecule has 0 fully saturated rings. The molecule has 0 unspecified atom stereocenters. The smallest absolute Gasteiger partial charge is 0.165 e. The van der Waals surface area contributed by atoms with Crippen molar-refractivity contribution in [1.29, 1.82) is 0 Å². The van der Waals surface area contributed by atoms with Crippen molar-refractivity contribution < 1.29 is 18.6 Å². The van der Waals surface area contributed by atoms with E-state index in [-0.39, 0.29) is 5.82 Å². The Labute approximate surface area is 130 Å². The Morgan fingerprint density at radius 3 is 2.00 bits per heavy atom. The van der Waals surface area contributed by atoms with Gasteiger partial charge in [0.15, 0.2) is 11.6 Å². The summed E-state index contributed by atoms with van der Waals surface area (Å²) in [6.07, 6.45) is 1.66. The molecule has 0 atom stereocenters. The van der Waals surface area contributed by atoms with Gasteiger partial charge >= 0.3 is 0 Å². The highest BCUT2D eigenvalue weighted by molar-refractivity contribution is 5.31. The number of rotatable bonds is 9. The Kier molecular flexibility index (Phi) is 6.55. The highest BCUT2D eigenvalue weighted by Crippen LogP contribution is 2.18. The molecule has 2 aromatic rings. The first-order valence-electron chi connectivity index (χ1n) is 7.52. The fourth-order valence-corrected chi connectivity index (χ4v) is 1.94. The summed E-state index contributed by atoms with van der Waals surface area (Å²) in [7, 11) is 0. The van der Waals surface area contributed by atoms with Gasteiger partial charge in [-0.1, -0.05) is 12.1 Å². The number of hydrogen-bond donors (Lipinski definition) is 0. The van der Waals surface area contributed by atoms with Crippen molar-refractivity contribution in [2.45, 2.75) is 19.8 Å². The Morgan fingerprint density at radius 1 is 0.773 bits per heavy atom. The summed E-state index contributed by atoms with van der Waals surface area (Å²) in [6.45, 7) is 3.69. The van der Waals surface area contributed by atoms with Gasteiger partial charge in [0.05, 0.1) is 19.8 Å². The van der Waals surface area contributed by atoms with Crippen LogP contribution in [0.2, 0.25) is 0 Å². The van der Waals surface area contributed by atoms with Crippen molar-refractivity contribution in [3.05, 3.63) is 54.3 Å². The van der Waals surface area contributed by atoms with Crippen LogP contribution in [0, 0.1) is 5.82 Å². The average Bonchev–Trinajstić information content (AvgIpc) is 2.54. The quantitative estimate of drug-likeness (QED) is 0.640. The summed E-state index contributed by atoms with van der Waals surface area (Å²) >= 11 is 0. The molecule has 0 radical (unpaired) electrons. The largest absolute Gasteiger partial charge is 0.494 e. The zero-order chi connectivity index (χ0) is 15.6. The first-order chi connectivity index (χ1) is 10.8. The normalized spacial score (nSPS) is 10.3. The van der Waals surface area contributed by atoms with Crippen LogP contribution in [-0.4, -0.2) is 19.8 Å². The van der Waals surface area contributed by atoms with Gasteiger partial charge in [0.25, 0.3) is 0 Å². The van der Waals surface area contributed by atoms with Crippen LogP contribution in [0.15, 0.2) is 48.5 Å². The zero-order valence-corrected chi connectivity index (χ0v) is 12.8. The molecule has 0 aliphatic rings. The Bertz CT molecular complexity index is 555. The number of benzene rings is 2. The van der Waals surface area contributed by atoms with Crippen molar-refractivity contribution in [3.8, 4) is 17.2 Å². The van der Waals surface area contributed by atoms with E-state index in [2.05, 4.69) is 0 Å². The van der Waals surface area contributed by atoms with Crippen LogP contribution in [0.1, 0.15) is 19.8 Å². The molecule has 2 rings (SSSR count). The molecule has 0 saturated carbocycles. The number of para-hydroxylation sites is 1. The third-order valence-corrected chi connectivity index (χ3v) is 3.04. The second kappa shape index (κ2) is 8.93. The summed E-state index contributed by atoms with van der Waals surface area (Å²) in [5, 5.41) is 0.